The Kier molecular flexibility index (Phi) is 8.19. The van der Waals surface area contributed by atoms with Crippen LogP contribution in [-0.4, -0.2) is 42.4 Å². The van der Waals surface area contributed by atoms with Gasteiger partial charge in [0.1, 0.15) is 18.2 Å². The highest BCUT2D eigenvalue weighted by Crippen LogP contribution is 2.37. The molecule has 9 heteroatoms. The number of hydrogen-bond acceptors (Lipinski definition) is 6. The average molecular weight is 557 g/mol. The van der Waals surface area contributed by atoms with Gasteiger partial charge >= 0.3 is 0 Å². The van der Waals surface area contributed by atoms with Crippen molar-refractivity contribution in [3.8, 4) is 17.2 Å². The van der Waals surface area contributed by atoms with Gasteiger partial charge in [-0.15, -0.1) is 0 Å². The van der Waals surface area contributed by atoms with Gasteiger partial charge in [0.15, 0.2) is 11.5 Å². The third-order valence-corrected chi connectivity index (χ3v) is 5.90. The number of carbonyl (C=O) groups excluding carboxylic acids is 2. The first kappa shape index (κ1) is 23.4. The molecule has 1 aliphatic heterocycles. The Labute approximate surface area is 197 Å². The molecule has 0 saturated carbocycles. The molecule has 1 heterocycles. The zero-order chi connectivity index (χ0) is 22.4. The topological polar surface area (TPSA) is 65.1 Å². The van der Waals surface area contributed by atoms with E-state index in [0.717, 1.165) is 25.8 Å². The minimum Gasteiger partial charge on any atom is -0.492 e. The van der Waals surface area contributed by atoms with Gasteiger partial charge in [-0.2, -0.15) is 0 Å². The average Bonchev–Trinajstić information content (AvgIpc) is 2.99. The molecular weight excluding hydrogens is 536 g/mol. The molecule has 1 aliphatic rings. The molecule has 0 aromatic heterocycles. The summed E-state index contributed by atoms with van der Waals surface area (Å²) in [5.74, 6) is 0.985. The van der Waals surface area contributed by atoms with Crippen LogP contribution in [0.15, 0.2) is 41.3 Å². The number of halogens is 2. The predicted molar refractivity (Wildman–Crippen MR) is 126 cm³/mol. The molecule has 0 unspecified atom stereocenters. The van der Waals surface area contributed by atoms with Crippen LogP contribution < -0.4 is 14.2 Å². The molecule has 1 saturated heterocycles. The second-order valence-corrected chi connectivity index (χ2v) is 8.49. The Morgan fingerprint density at radius 2 is 1.77 bits per heavy atom. The number of benzene rings is 2. The number of thioether (sulfide) groups is 1. The fraction of sp³-hybridized carbons (Fsp3) is 0.273. The molecule has 31 heavy (non-hydrogen) atoms. The zero-order valence-corrected chi connectivity index (χ0v) is 20.0. The number of ether oxygens (including phenoxy) is 3. The maximum atomic E-state index is 13.0. The summed E-state index contributed by atoms with van der Waals surface area (Å²) in [7, 11) is 0. The maximum Gasteiger partial charge on any atom is 0.293 e. The van der Waals surface area contributed by atoms with Crippen LogP contribution in [0.4, 0.5) is 9.18 Å². The lowest BCUT2D eigenvalue weighted by Crippen LogP contribution is -2.32. The highest BCUT2D eigenvalue weighted by atomic mass is 127. The standard InChI is InChI=1S/C22H21FINO5S/c1-3-28-18-12-14(11-17(24)20(18)29-4-2)13-19-21(26)25(22(27)31-19)9-10-30-16-7-5-15(23)6-8-16/h5-8,11-13H,3-4,9-10H2,1-2H3/b19-13-. The minimum atomic E-state index is -0.375. The third-order valence-electron chi connectivity index (χ3n) is 4.19. The van der Waals surface area contributed by atoms with Crippen molar-refractivity contribution in [1.29, 1.82) is 0 Å². The first-order chi connectivity index (χ1) is 14.9. The van der Waals surface area contributed by atoms with Crippen LogP contribution in [0.1, 0.15) is 19.4 Å². The van der Waals surface area contributed by atoms with E-state index in [1.165, 1.54) is 24.3 Å². The summed E-state index contributed by atoms with van der Waals surface area (Å²) in [6, 6.07) is 9.22. The van der Waals surface area contributed by atoms with Gasteiger partial charge in [-0.05, 0) is 96.2 Å². The first-order valence-corrected chi connectivity index (χ1v) is 11.5. The first-order valence-electron chi connectivity index (χ1n) is 9.65. The van der Waals surface area contributed by atoms with E-state index >= 15 is 0 Å². The van der Waals surface area contributed by atoms with Gasteiger partial charge in [0.2, 0.25) is 0 Å². The number of nitrogens with zero attached hydrogens (tertiary/aromatic N) is 1. The van der Waals surface area contributed by atoms with Crippen LogP contribution in [0.2, 0.25) is 0 Å². The summed E-state index contributed by atoms with van der Waals surface area (Å²) in [6.45, 7) is 4.99. The van der Waals surface area contributed by atoms with E-state index in [2.05, 4.69) is 22.6 Å². The van der Waals surface area contributed by atoms with Crippen LogP contribution in [0.25, 0.3) is 6.08 Å². The molecule has 2 aromatic carbocycles. The summed E-state index contributed by atoms with van der Waals surface area (Å²) >= 11 is 3.04. The lowest BCUT2D eigenvalue weighted by atomic mass is 10.2. The summed E-state index contributed by atoms with van der Waals surface area (Å²) in [5, 5.41) is -0.357. The summed E-state index contributed by atoms with van der Waals surface area (Å²) in [6.07, 6.45) is 1.67. The molecule has 2 aromatic rings. The molecule has 0 bridgehead atoms. The van der Waals surface area contributed by atoms with Crippen molar-refractivity contribution in [2.45, 2.75) is 13.8 Å². The van der Waals surface area contributed by atoms with Crippen LogP contribution in [0, 0.1) is 9.39 Å². The number of amides is 2. The van der Waals surface area contributed by atoms with Crippen LogP contribution in [0.5, 0.6) is 17.2 Å². The monoisotopic (exact) mass is 557 g/mol. The fourth-order valence-electron chi connectivity index (χ4n) is 2.85. The van der Waals surface area contributed by atoms with E-state index < -0.39 is 0 Å². The Bertz CT molecular complexity index is 996. The molecule has 1 fully saturated rings. The van der Waals surface area contributed by atoms with E-state index in [9.17, 15) is 14.0 Å². The van der Waals surface area contributed by atoms with E-state index in [1.54, 1.807) is 12.1 Å². The van der Waals surface area contributed by atoms with E-state index in [0.29, 0.717) is 35.4 Å². The van der Waals surface area contributed by atoms with Crippen LogP contribution in [-0.2, 0) is 4.79 Å². The lowest BCUT2D eigenvalue weighted by Gasteiger charge is -2.14. The Morgan fingerprint density at radius 1 is 1.06 bits per heavy atom. The van der Waals surface area contributed by atoms with Gasteiger partial charge in [0.25, 0.3) is 11.1 Å². The van der Waals surface area contributed by atoms with Crippen molar-refractivity contribution >= 4 is 51.6 Å². The molecule has 0 N–H and O–H groups in total. The molecule has 0 atom stereocenters. The van der Waals surface area contributed by atoms with Crippen molar-refractivity contribution in [3.05, 3.63) is 56.3 Å². The number of imide groups is 1. The molecular formula is C22H21FINO5S. The van der Waals surface area contributed by atoms with Crippen molar-refractivity contribution in [2.24, 2.45) is 0 Å². The second-order valence-electron chi connectivity index (χ2n) is 6.33. The van der Waals surface area contributed by atoms with Gasteiger partial charge in [0, 0.05) is 0 Å². The lowest BCUT2D eigenvalue weighted by molar-refractivity contribution is -0.123. The smallest absolute Gasteiger partial charge is 0.293 e. The number of hydrogen-bond donors (Lipinski definition) is 0. The van der Waals surface area contributed by atoms with Gasteiger partial charge in [0.05, 0.1) is 28.2 Å². The maximum absolute atomic E-state index is 13.0. The van der Waals surface area contributed by atoms with Crippen LogP contribution in [0.3, 0.4) is 0 Å². The van der Waals surface area contributed by atoms with Crippen molar-refractivity contribution in [1.82, 2.24) is 4.90 Å². The summed E-state index contributed by atoms with van der Waals surface area (Å²) < 4.78 is 30.6. The third kappa shape index (κ3) is 5.91. The molecule has 0 aliphatic carbocycles. The predicted octanol–water partition coefficient (Wildman–Crippen LogP) is 5.34. The largest absolute Gasteiger partial charge is 0.492 e. The molecule has 0 radical (unpaired) electrons. The SMILES string of the molecule is CCOc1cc(/C=C2\SC(=O)N(CCOc3ccc(F)cc3)C2=O)cc(I)c1OCC. The van der Waals surface area contributed by atoms with E-state index in [1.807, 2.05) is 19.9 Å². The van der Waals surface area contributed by atoms with Gasteiger partial charge in [-0.3, -0.25) is 14.5 Å². The highest BCUT2D eigenvalue weighted by Gasteiger charge is 2.34. The molecule has 2 amide bonds. The van der Waals surface area contributed by atoms with Crippen molar-refractivity contribution in [2.75, 3.05) is 26.4 Å². The normalized spacial score (nSPS) is 15.0. The number of rotatable bonds is 9. The molecule has 164 valence electrons. The van der Waals surface area contributed by atoms with E-state index in [4.69, 9.17) is 14.2 Å². The van der Waals surface area contributed by atoms with Crippen LogP contribution >= 0.6 is 34.4 Å². The Balaban J connectivity index is 1.71. The van der Waals surface area contributed by atoms with Gasteiger partial charge in [-0.1, -0.05) is 0 Å². The summed E-state index contributed by atoms with van der Waals surface area (Å²) in [4.78, 5) is 26.5. The highest BCUT2D eigenvalue weighted by molar-refractivity contribution is 14.1. The van der Waals surface area contributed by atoms with Gasteiger partial charge < -0.3 is 14.2 Å². The summed E-state index contributed by atoms with van der Waals surface area (Å²) in [5.41, 5.74) is 0.740. The molecule has 3 rings (SSSR count). The Morgan fingerprint density at radius 3 is 2.45 bits per heavy atom. The number of carbonyl (C=O) groups is 2. The van der Waals surface area contributed by atoms with Crippen molar-refractivity contribution < 1.29 is 28.2 Å². The quantitative estimate of drug-likeness (QED) is 0.306. The van der Waals surface area contributed by atoms with E-state index in [-0.39, 0.29) is 30.1 Å². The molecule has 6 nitrogen and oxygen atoms in total. The zero-order valence-electron chi connectivity index (χ0n) is 17.0. The van der Waals surface area contributed by atoms with Gasteiger partial charge in [-0.25, -0.2) is 4.39 Å². The Hall–Kier alpha value is -2.27. The minimum absolute atomic E-state index is 0.102. The fourth-order valence-corrected chi connectivity index (χ4v) is 4.49. The molecule has 0 spiro atoms. The second kappa shape index (κ2) is 10.9. The van der Waals surface area contributed by atoms with Crippen molar-refractivity contribution in [3.63, 3.8) is 0 Å².